The molecule has 0 rings (SSSR count). The molecule has 0 aromatic heterocycles. The van der Waals surface area contributed by atoms with Gasteiger partial charge < -0.3 is 14.2 Å². The molecule has 0 saturated carbocycles. The van der Waals surface area contributed by atoms with E-state index < -0.39 is 6.10 Å². The van der Waals surface area contributed by atoms with Gasteiger partial charge in [0.1, 0.15) is 13.2 Å². The summed E-state index contributed by atoms with van der Waals surface area (Å²) in [5, 5.41) is 0. The summed E-state index contributed by atoms with van der Waals surface area (Å²) in [7, 11) is 0. The first-order chi connectivity index (χ1) is 37.0. The van der Waals surface area contributed by atoms with E-state index in [1.54, 1.807) is 0 Å². The number of esters is 3. The van der Waals surface area contributed by atoms with Gasteiger partial charge in [0.15, 0.2) is 6.10 Å². The molecule has 6 nitrogen and oxygen atoms in total. The zero-order valence-electron chi connectivity index (χ0n) is 50.1. The van der Waals surface area contributed by atoms with Crippen molar-refractivity contribution in [1.82, 2.24) is 0 Å². The second kappa shape index (κ2) is 63.6. The molecule has 75 heavy (non-hydrogen) atoms. The monoisotopic (exact) mass is 1050 g/mol. The standard InChI is InChI=1S/C69H124O6/c1-4-7-10-13-16-19-22-24-25-26-27-28-29-30-31-32-33-34-35-36-37-38-39-40-41-42-43-45-47-50-53-56-59-62-68(71)74-65-66(64-73-67(70)61-58-55-52-49-46-21-18-15-12-9-6-3)75-69(72)63-60-57-54-51-48-44-23-20-17-14-11-8-5-2/h11,14-15,18,20,22-24,26-27,66H,4-10,12-13,16-17,19,21,25,28-65H2,1-3H3/b14-11-,18-15-,23-20-,24-22-,27-26-. The van der Waals surface area contributed by atoms with Crippen molar-refractivity contribution in [2.45, 2.75) is 348 Å². The molecule has 436 valence electrons. The van der Waals surface area contributed by atoms with Crippen LogP contribution in [0, 0.1) is 0 Å². The molecular weight excluding hydrogens is 925 g/mol. The van der Waals surface area contributed by atoms with Gasteiger partial charge >= 0.3 is 17.9 Å². The Bertz CT molecular complexity index is 1340. The molecule has 1 atom stereocenters. The first kappa shape index (κ1) is 72.1. The average Bonchev–Trinajstić information content (AvgIpc) is 3.41. The van der Waals surface area contributed by atoms with Crippen molar-refractivity contribution in [2.75, 3.05) is 13.2 Å². The number of rotatable bonds is 60. The molecule has 0 aliphatic heterocycles. The lowest BCUT2D eigenvalue weighted by atomic mass is 10.0. The van der Waals surface area contributed by atoms with Crippen molar-refractivity contribution < 1.29 is 28.6 Å². The lowest BCUT2D eigenvalue weighted by Gasteiger charge is -2.18. The quantitative estimate of drug-likeness (QED) is 0.0261. The maximum Gasteiger partial charge on any atom is 0.306 e. The third-order valence-electron chi connectivity index (χ3n) is 14.4. The number of allylic oxidation sites excluding steroid dienone is 10. The molecule has 0 spiro atoms. The van der Waals surface area contributed by atoms with Crippen LogP contribution in [0.4, 0.5) is 0 Å². The Morgan fingerprint density at radius 3 is 0.840 bits per heavy atom. The van der Waals surface area contributed by atoms with Crippen LogP contribution in [0.1, 0.15) is 342 Å². The zero-order chi connectivity index (χ0) is 54.3. The van der Waals surface area contributed by atoms with E-state index in [0.29, 0.717) is 19.3 Å². The molecule has 0 aromatic rings. The fourth-order valence-corrected chi connectivity index (χ4v) is 9.49. The molecule has 1 unspecified atom stereocenters. The average molecular weight is 1050 g/mol. The normalized spacial score (nSPS) is 12.4. The summed E-state index contributed by atoms with van der Waals surface area (Å²) in [6.45, 7) is 6.54. The van der Waals surface area contributed by atoms with Gasteiger partial charge in [-0.2, -0.15) is 0 Å². The van der Waals surface area contributed by atoms with Crippen molar-refractivity contribution in [3.05, 3.63) is 60.8 Å². The molecule has 0 heterocycles. The molecule has 0 radical (unpaired) electrons. The summed E-state index contributed by atoms with van der Waals surface area (Å²) in [6, 6.07) is 0. The largest absolute Gasteiger partial charge is 0.462 e. The van der Waals surface area contributed by atoms with Crippen LogP contribution in [0.2, 0.25) is 0 Å². The molecule has 0 bridgehead atoms. The number of unbranched alkanes of at least 4 members (excludes halogenated alkanes) is 39. The van der Waals surface area contributed by atoms with Gasteiger partial charge in [-0.15, -0.1) is 0 Å². The topological polar surface area (TPSA) is 78.9 Å². The van der Waals surface area contributed by atoms with Crippen LogP contribution >= 0.6 is 0 Å². The van der Waals surface area contributed by atoms with Crippen LogP contribution in [0.25, 0.3) is 0 Å². The van der Waals surface area contributed by atoms with E-state index in [-0.39, 0.29) is 31.1 Å². The van der Waals surface area contributed by atoms with Crippen molar-refractivity contribution in [3.63, 3.8) is 0 Å². The van der Waals surface area contributed by atoms with Crippen LogP contribution in [-0.2, 0) is 28.6 Å². The van der Waals surface area contributed by atoms with E-state index in [9.17, 15) is 14.4 Å². The van der Waals surface area contributed by atoms with Gasteiger partial charge in [0.25, 0.3) is 0 Å². The molecule has 0 amide bonds. The zero-order valence-corrected chi connectivity index (χ0v) is 50.1. The number of ether oxygens (including phenoxy) is 3. The van der Waals surface area contributed by atoms with Gasteiger partial charge in [-0.1, -0.05) is 287 Å². The number of carbonyl (C=O) groups excluding carboxylic acids is 3. The van der Waals surface area contributed by atoms with Crippen LogP contribution < -0.4 is 0 Å². The van der Waals surface area contributed by atoms with E-state index in [1.807, 2.05) is 0 Å². The van der Waals surface area contributed by atoms with Gasteiger partial charge in [0.2, 0.25) is 0 Å². The van der Waals surface area contributed by atoms with Gasteiger partial charge in [0, 0.05) is 19.3 Å². The third-order valence-corrected chi connectivity index (χ3v) is 14.4. The van der Waals surface area contributed by atoms with E-state index in [1.165, 1.54) is 199 Å². The Hall–Kier alpha value is -2.89. The van der Waals surface area contributed by atoms with Crippen LogP contribution in [0.3, 0.4) is 0 Å². The summed E-state index contributed by atoms with van der Waals surface area (Å²) in [4.78, 5) is 38.1. The lowest BCUT2D eigenvalue weighted by molar-refractivity contribution is -0.167. The Morgan fingerprint density at radius 1 is 0.267 bits per heavy atom. The third kappa shape index (κ3) is 61.8. The second-order valence-corrected chi connectivity index (χ2v) is 22.0. The Labute approximate surface area is 466 Å². The number of carbonyl (C=O) groups is 3. The smallest absolute Gasteiger partial charge is 0.306 e. The summed E-state index contributed by atoms with van der Waals surface area (Å²) >= 11 is 0. The molecule has 0 aliphatic carbocycles. The SMILES string of the molecule is CCC/C=C\C/C=C\CCCCCCCC(=O)OC(COC(=O)CCCCCCC/C=C\CCCC)COC(=O)CCCCCCCCCCCCCCCCCCCCCCC/C=C\C/C=C\CCCCCCC. The van der Waals surface area contributed by atoms with Crippen molar-refractivity contribution >= 4 is 17.9 Å². The van der Waals surface area contributed by atoms with E-state index in [2.05, 4.69) is 81.5 Å². The minimum atomic E-state index is -0.782. The lowest BCUT2D eigenvalue weighted by Crippen LogP contribution is -2.30. The van der Waals surface area contributed by atoms with E-state index in [4.69, 9.17) is 14.2 Å². The number of hydrogen-bond donors (Lipinski definition) is 0. The fourth-order valence-electron chi connectivity index (χ4n) is 9.49. The first-order valence-corrected chi connectivity index (χ1v) is 32.8. The summed E-state index contributed by atoms with van der Waals surface area (Å²) in [5.74, 6) is -0.890. The highest BCUT2D eigenvalue weighted by Crippen LogP contribution is 2.17. The Morgan fingerprint density at radius 2 is 0.520 bits per heavy atom. The molecule has 0 saturated heterocycles. The maximum absolute atomic E-state index is 12.8. The molecule has 0 aliphatic rings. The minimum absolute atomic E-state index is 0.0795. The molecule has 0 fully saturated rings. The predicted octanol–water partition coefficient (Wildman–Crippen LogP) is 22.3. The van der Waals surface area contributed by atoms with Gasteiger partial charge in [-0.3, -0.25) is 14.4 Å². The highest BCUT2D eigenvalue weighted by atomic mass is 16.6. The van der Waals surface area contributed by atoms with E-state index >= 15 is 0 Å². The Balaban J connectivity index is 4.04. The molecular formula is C69H124O6. The summed E-state index contributed by atoms with van der Waals surface area (Å²) in [6.07, 6.45) is 81.2. The Kier molecular flexibility index (Phi) is 61.2. The molecule has 6 heteroatoms. The fraction of sp³-hybridized carbons (Fsp3) is 0.812. The minimum Gasteiger partial charge on any atom is -0.462 e. The van der Waals surface area contributed by atoms with Gasteiger partial charge in [-0.05, 0) is 96.3 Å². The summed E-state index contributed by atoms with van der Waals surface area (Å²) < 4.78 is 16.9. The highest BCUT2D eigenvalue weighted by Gasteiger charge is 2.19. The van der Waals surface area contributed by atoms with E-state index in [0.717, 1.165) is 103 Å². The summed E-state index contributed by atoms with van der Waals surface area (Å²) in [5.41, 5.74) is 0. The van der Waals surface area contributed by atoms with Crippen molar-refractivity contribution in [2.24, 2.45) is 0 Å². The second-order valence-electron chi connectivity index (χ2n) is 22.0. The molecule has 0 N–H and O–H groups in total. The van der Waals surface area contributed by atoms with Gasteiger partial charge in [-0.25, -0.2) is 0 Å². The highest BCUT2D eigenvalue weighted by molar-refractivity contribution is 5.71. The van der Waals surface area contributed by atoms with Crippen LogP contribution in [0.15, 0.2) is 60.8 Å². The van der Waals surface area contributed by atoms with Crippen LogP contribution in [-0.4, -0.2) is 37.2 Å². The maximum atomic E-state index is 12.8. The first-order valence-electron chi connectivity index (χ1n) is 32.8. The van der Waals surface area contributed by atoms with Crippen LogP contribution in [0.5, 0.6) is 0 Å². The van der Waals surface area contributed by atoms with Gasteiger partial charge in [0.05, 0.1) is 0 Å². The number of hydrogen-bond acceptors (Lipinski definition) is 6. The van der Waals surface area contributed by atoms with Crippen molar-refractivity contribution in [3.8, 4) is 0 Å². The molecule has 0 aromatic carbocycles. The van der Waals surface area contributed by atoms with Crippen molar-refractivity contribution in [1.29, 1.82) is 0 Å². The predicted molar refractivity (Wildman–Crippen MR) is 325 cm³/mol.